The Morgan fingerprint density at radius 1 is 1.24 bits per heavy atom. The quantitative estimate of drug-likeness (QED) is 0.828. The van der Waals surface area contributed by atoms with Gasteiger partial charge < -0.3 is 14.6 Å². The van der Waals surface area contributed by atoms with Gasteiger partial charge in [-0.1, -0.05) is 19.9 Å². The Morgan fingerprint density at radius 3 is 2.41 bits per heavy atom. The van der Waals surface area contributed by atoms with E-state index in [9.17, 15) is 5.11 Å². The summed E-state index contributed by atoms with van der Waals surface area (Å²) in [5.74, 6) is 2.00. The van der Waals surface area contributed by atoms with E-state index < -0.39 is 0 Å². The Hall–Kier alpha value is -1.22. The largest absolute Gasteiger partial charge is 0.493 e. The van der Waals surface area contributed by atoms with Gasteiger partial charge in [0.25, 0.3) is 0 Å². The molecule has 0 aliphatic rings. The molecule has 0 radical (unpaired) electrons. The highest BCUT2D eigenvalue weighted by atomic mass is 16.5. The zero-order valence-corrected chi connectivity index (χ0v) is 11.1. The van der Waals surface area contributed by atoms with Crippen molar-refractivity contribution in [3.63, 3.8) is 0 Å². The van der Waals surface area contributed by atoms with Gasteiger partial charge in [-0.2, -0.15) is 0 Å². The molecule has 1 unspecified atom stereocenters. The molecule has 0 bridgehead atoms. The van der Waals surface area contributed by atoms with Crippen LogP contribution in [-0.4, -0.2) is 25.4 Å². The fourth-order valence-electron chi connectivity index (χ4n) is 1.89. The number of ether oxygens (including phenoxy) is 2. The molecule has 0 aliphatic carbocycles. The van der Waals surface area contributed by atoms with Gasteiger partial charge in [0.1, 0.15) is 0 Å². The molecule has 3 nitrogen and oxygen atoms in total. The highest BCUT2D eigenvalue weighted by Gasteiger charge is 2.16. The Balaban J connectivity index is 3.03. The van der Waals surface area contributed by atoms with E-state index in [0.29, 0.717) is 12.5 Å². The normalized spacial score (nSPS) is 12.6. The first-order chi connectivity index (χ1) is 8.13. The summed E-state index contributed by atoms with van der Waals surface area (Å²) in [5.41, 5.74) is 1.09. The molecule has 0 fully saturated rings. The average molecular weight is 238 g/mol. The highest BCUT2D eigenvalue weighted by Crippen LogP contribution is 2.33. The molecule has 1 atom stereocenters. The van der Waals surface area contributed by atoms with Crippen LogP contribution in [0.5, 0.6) is 11.5 Å². The fraction of sp³-hybridized carbons (Fsp3) is 0.571. The Morgan fingerprint density at radius 2 is 1.94 bits per heavy atom. The lowest BCUT2D eigenvalue weighted by molar-refractivity contribution is 0.236. The summed E-state index contributed by atoms with van der Waals surface area (Å²) < 4.78 is 10.8. The summed E-state index contributed by atoms with van der Waals surface area (Å²) in [7, 11) is 1.63. The van der Waals surface area contributed by atoms with Crippen molar-refractivity contribution in [1.82, 2.24) is 0 Å². The third kappa shape index (κ3) is 3.37. The van der Waals surface area contributed by atoms with Crippen molar-refractivity contribution in [3.8, 4) is 11.5 Å². The Bertz CT molecular complexity index is 347. The van der Waals surface area contributed by atoms with Gasteiger partial charge in [-0.3, -0.25) is 0 Å². The first-order valence-corrected chi connectivity index (χ1v) is 6.05. The summed E-state index contributed by atoms with van der Waals surface area (Å²) in [6.07, 6.45) is 0. The van der Waals surface area contributed by atoms with Gasteiger partial charge in [-0.15, -0.1) is 0 Å². The van der Waals surface area contributed by atoms with E-state index in [0.717, 1.165) is 17.1 Å². The lowest BCUT2D eigenvalue weighted by atomic mass is 9.89. The molecule has 0 spiro atoms. The van der Waals surface area contributed by atoms with Gasteiger partial charge in [-0.25, -0.2) is 0 Å². The van der Waals surface area contributed by atoms with E-state index in [1.54, 1.807) is 7.11 Å². The molecule has 0 aromatic heterocycles. The van der Waals surface area contributed by atoms with Crippen LogP contribution in [0.3, 0.4) is 0 Å². The van der Waals surface area contributed by atoms with Crippen LogP contribution in [0.2, 0.25) is 0 Å². The monoisotopic (exact) mass is 238 g/mol. The summed E-state index contributed by atoms with van der Waals surface area (Å²) in [6, 6.07) is 5.85. The van der Waals surface area contributed by atoms with Gasteiger partial charge in [-0.05, 0) is 30.5 Å². The maximum Gasteiger partial charge on any atom is 0.161 e. The number of methoxy groups -OCH3 is 1. The van der Waals surface area contributed by atoms with Crippen molar-refractivity contribution >= 4 is 0 Å². The topological polar surface area (TPSA) is 38.7 Å². The molecule has 1 rings (SSSR count). The summed E-state index contributed by atoms with van der Waals surface area (Å²) >= 11 is 0. The van der Waals surface area contributed by atoms with E-state index in [1.807, 2.05) is 25.1 Å². The SMILES string of the molecule is CCOc1ccc(C(CO)C(C)C)cc1OC. The minimum Gasteiger partial charge on any atom is -0.493 e. The highest BCUT2D eigenvalue weighted by molar-refractivity contribution is 5.44. The second kappa shape index (κ2) is 6.50. The van der Waals surface area contributed by atoms with E-state index in [4.69, 9.17) is 9.47 Å². The maximum absolute atomic E-state index is 9.41. The summed E-state index contributed by atoms with van der Waals surface area (Å²) in [6.45, 7) is 6.91. The first-order valence-electron chi connectivity index (χ1n) is 6.05. The molecular formula is C14H22O3. The number of benzene rings is 1. The van der Waals surface area contributed by atoms with Crippen LogP contribution >= 0.6 is 0 Å². The third-order valence-corrected chi connectivity index (χ3v) is 2.92. The molecular weight excluding hydrogens is 216 g/mol. The number of hydrogen-bond acceptors (Lipinski definition) is 3. The van der Waals surface area contributed by atoms with E-state index in [-0.39, 0.29) is 12.5 Å². The molecule has 96 valence electrons. The van der Waals surface area contributed by atoms with Crippen molar-refractivity contribution in [2.24, 2.45) is 5.92 Å². The molecule has 0 heterocycles. The molecule has 1 aromatic carbocycles. The summed E-state index contributed by atoms with van der Waals surface area (Å²) in [5, 5.41) is 9.41. The van der Waals surface area contributed by atoms with E-state index >= 15 is 0 Å². The molecule has 1 aromatic rings. The van der Waals surface area contributed by atoms with E-state index in [1.165, 1.54) is 0 Å². The number of aliphatic hydroxyl groups is 1. The standard InChI is InChI=1S/C14H22O3/c1-5-17-13-7-6-11(8-14(13)16-4)12(9-15)10(2)3/h6-8,10,12,15H,5,9H2,1-4H3. The predicted octanol–water partition coefficient (Wildman–Crippen LogP) is 2.83. The predicted molar refractivity (Wildman–Crippen MR) is 68.8 cm³/mol. The van der Waals surface area contributed by atoms with Crippen molar-refractivity contribution in [2.75, 3.05) is 20.3 Å². The minimum atomic E-state index is 0.138. The van der Waals surface area contributed by atoms with Crippen LogP contribution in [0.1, 0.15) is 32.3 Å². The second-order valence-corrected chi connectivity index (χ2v) is 4.38. The molecule has 0 aliphatic heterocycles. The molecule has 0 saturated carbocycles. The summed E-state index contributed by atoms with van der Waals surface area (Å²) in [4.78, 5) is 0. The third-order valence-electron chi connectivity index (χ3n) is 2.92. The zero-order chi connectivity index (χ0) is 12.8. The van der Waals surface area contributed by atoms with Crippen molar-refractivity contribution in [1.29, 1.82) is 0 Å². The van der Waals surface area contributed by atoms with Crippen molar-refractivity contribution in [3.05, 3.63) is 23.8 Å². The van der Waals surface area contributed by atoms with Crippen LogP contribution in [-0.2, 0) is 0 Å². The molecule has 0 amide bonds. The molecule has 17 heavy (non-hydrogen) atoms. The van der Waals surface area contributed by atoms with Crippen LogP contribution in [0.4, 0.5) is 0 Å². The van der Waals surface area contributed by atoms with E-state index in [2.05, 4.69) is 13.8 Å². The van der Waals surface area contributed by atoms with Gasteiger partial charge in [0.05, 0.1) is 20.3 Å². The first kappa shape index (κ1) is 13.8. The number of rotatable bonds is 6. The fourth-order valence-corrected chi connectivity index (χ4v) is 1.89. The maximum atomic E-state index is 9.41. The van der Waals surface area contributed by atoms with Crippen LogP contribution in [0.15, 0.2) is 18.2 Å². The Kier molecular flexibility index (Phi) is 5.29. The Labute approximate surface area is 103 Å². The number of aliphatic hydroxyl groups excluding tert-OH is 1. The van der Waals surface area contributed by atoms with Crippen molar-refractivity contribution in [2.45, 2.75) is 26.7 Å². The lowest BCUT2D eigenvalue weighted by Crippen LogP contribution is -2.11. The minimum absolute atomic E-state index is 0.138. The zero-order valence-electron chi connectivity index (χ0n) is 11.1. The van der Waals surface area contributed by atoms with Crippen LogP contribution in [0, 0.1) is 5.92 Å². The van der Waals surface area contributed by atoms with Crippen molar-refractivity contribution < 1.29 is 14.6 Å². The molecule has 3 heteroatoms. The van der Waals surface area contributed by atoms with Gasteiger partial charge in [0.15, 0.2) is 11.5 Å². The van der Waals surface area contributed by atoms with Crippen LogP contribution in [0.25, 0.3) is 0 Å². The van der Waals surface area contributed by atoms with Gasteiger partial charge in [0.2, 0.25) is 0 Å². The lowest BCUT2D eigenvalue weighted by Gasteiger charge is -2.20. The van der Waals surface area contributed by atoms with Crippen LogP contribution < -0.4 is 9.47 Å². The number of hydrogen-bond donors (Lipinski definition) is 1. The average Bonchev–Trinajstić information content (AvgIpc) is 2.31. The smallest absolute Gasteiger partial charge is 0.161 e. The molecule has 1 N–H and O–H groups in total. The molecule has 0 saturated heterocycles. The van der Waals surface area contributed by atoms with Gasteiger partial charge >= 0.3 is 0 Å². The second-order valence-electron chi connectivity index (χ2n) is 4.38. The van der Waals surface area contributed by atoms with Gasteiger partial charge in [0, 0.05) is 5.92 Å².